The highest BCUT2D eigenvalue weighted by Gasteiger charge is 2.09. The number of halogens is 3. The summed E-state index contributed by atoms with van der Waals surface area (Å²) in [5.74, 6) is 0. The van der Waals surface area contributed by atoms with E-state index in [0.717, 1.165) is 11.3 Å². The molecule has 1 aromatic heterocycles. The molecule has 0 N–H and O–H groups in total. The number of benzene rings is 1. The standard InChI is InChI=1S/C12H11Cl2IN2/c1-7-12(15)8(2)17(16-7)6-9-3-4-10(13)11(14)5-9/h3-5H,6H2,1-2H3. The first-order valence-corrected chi connectivity index (χ1v) is 6.96. The van der Waals surface area contributed by atoms with Gasteiger partial charge in [0.25, 0.3) is 0 Å². The topological polar surface area (TPSA) is 17.8 Å². The maximum atomic E-state index is 5.99. The highest BCUT2D eigenvalue weighted by molar-refractivity contribution is 14.1. The van der Waals surface area contributed by atoms with E-state index < -0.39 is 0 Å². The van der Waals surface area contributed by atoms with Crippen LogP contribution in [0.4, 0.5) is 0 Å². The second-order valence-corrected chi connectivity index (χ2v) is 5.78. The van der Waals surface area contributed by atoms with Crippen LogP contribution in [-0.2, 0) is 6.54 Å². The Morgan fingerprint density at radius 2 is 1.94 bits per heavy atom. The highest BCUT2D eigenvalue weighted by atomic mass is 127. The van der Waals surface area contributed by atoms with Crippen LogP contribution < -0.4 is 0 Å². The van der Waals surface area contributed by atoms with Gasteiger partial charge in [0.1, 0.15) is 0 Å². The van der Waals surface area contributed by atoms with Crippen LogP contribution in [0.2, 0.25) is 10.0 Å². The van der Waals surface area contributed by atoms with E-state index in [-0.39, 0.29) is 0 Å². The molecule has 5 heteroatoms. The van der Waals surface area contributed by atoms with Crippen molar-refractivity contribution in [1.82, 2.24) is 9.78 Å². The molecule has 2 nitrogen and oxygen atoms in total. The molecule has 1 heterocycles. The Balaban J connectivity index is 2.31. The van der Waals surface area contributed by atoms with Crippen molar-refractivity contribution in [3.05, 3.63) is 48.8 Å². The third kappa shape index (κ3) is 2.77. The summed E-state index contributed by atoms with van der Waals surface area (Å²) >= 11 is 14.2. The van der Waals surface area contributed by atoms with Gasteiger partial charge >= 0.3 is 0 Å². The zero-order valence-corrected chi connectivity index (χ0v) is 13.1. The molecule has 0 aliphatic heterocycles. The zero-order chi connectivity index (χ0) is 12.6. The van der Waals surface area contributed by atoms with Gasteiger partial charge in [-0.1, -0.05) is 29.3 Å². The Morgan fingerprint density at radius 3 is 2.47 bits per heavy atom. The lowest BCUT2D eigenvalue weighted by Gasteiger charge is -2.06. The van der Waals surface area contributed by atoms with Crippen LogP contribution in [-0.4, -0.2) is 9.78 Å². The van der Waals surface area contributed by atoms with Crippen molar-refractivity contribution in [2.75, 3.05) is 0 Å². The molecule has 0 saturated heterocycles. The average Bonchev–Trinajstić information content (AvgIpc) is 2.52. The van der Waals surface area contributed by atoms with Gasteiger partial charge in [0.2, 0.25) is 0 Å². The fourth-order valence-corrected chi connectivity index (χ4v) is 2.35. The van der Waals surface area contributed by atoms with E-state index in [0.29, 0.717) is 16.6 Å². The molecule has 0 bridgehead atoms. The molecule has 0 atom stereocenters. The van der Waals surface area contributed by atoms with Gasteiger partial charge in [0.05, 0.1) is 25.9 Å². The van der Waals surface area contributed by atoms with Gasteiger partial charge in [-0.2, -0.15) is 5.10 Å². The van der Waals surface area contributed by atoms with E-state index in [1.807, 2.05) is 29.8 Å². The summed E-state index contributed by atoms with van der Waals surface area (Å²) in [4.78, 5) is 0. The molecule has 0 radical (unpaired) electrons. The van der Waals surface area contributed by atoms with Crippen molar-refractivity contribution in [3.63, 3.8) is 0 Å². The summed E-state index contributed by atoms with van der Waals surface area (Å²) in [6.45, 7) is 4.80. The van der Waals surface area contributed by atoms with Crippen molar-refractivity contribution in [1.29, 1.82) is 0 Å². The number of hydrogen-bond acceptors (Lipinski definition) is 1. The van der Waals surface area contributed by atoms with E-state index in [1.54, 1.807) is 0 Å². The minimum Gasteiger partial charge on any atom is -0.264 e. The summed E-state index contributed by atoms with van der Waals surface area (Å²) in [6, 6.07) is 5.67. The lowest BCUT2D eigenvalue weighted by Crippen LogP contribution is -2.04. The first-order valence-electron chi connectivity index (χ1n) is 5.12. The van der Waals surface area contributed by atoms with Gasteiger partial charge in [-0.25, -0.2) is 0 Å². The van der Waals surface area contributed by atoms with Gasteiger partial charge in [0, 0.05) is 5.69 Å². The van der Waals surface area contributed by atoms with Gasteiger partial charge in [-0.15, -0.1) is 0 Å². The number of rotatable bonds is 2. The Morgan fingerprint density at radius 1 is 1.24 bits per heavy atom. The SMILES string of the molecule is Cc1nn(Cc2ccc(Cl)c(Cl)c2)c(C)c1I. The maximum absolute atomic E-state index is 5.99. The fourth-order valence-electron chi connectivity index (χ4n) is 1.64. The largest absolute Gasteiger partial charge is 0.264 e. The summed E-state index contributed by atoms with van der Waals surface area (Å²) in [7, 11) is 0. The lowest BCUT2D eigenvalue weighted by molar-refractivity contribution is 0.658. The Hall–Kier alpha value is -0.260. The molecule has 0 amide bonds. The van der Waals surface area contributed by atoms with Crippen LogP contribution in [0.25, 0.3) is 0 Å². The van der Waals surface area contributed by atoms with E-state index in [2.05, 4.69) is 34.6 Å². The number of nitrogens with zero attached hydrogens (tertiary/aromatic N) is 2. The van der Waals surface area contributed by atoms with Gasteiger partial charge in [-0.3, -0.25) is 4.68 Å². The molecule has 2 rings (SSSR count). The lowest BCUT2D eigenvalue weighted by atomic mass is 10.2. The summed E-state index contributed by atoms with van der Waals surface area (Å²) in [5, 5.41) is 5.66. The molecule has 0 aliphatic rings. The van der Waals surface area contributed by atoms with Crippen LogP contribution in [0.15, 0.2) is 18.2 Å². The maximum Gasteiger partial charge on any atom is 0.0730 e. The molecule has 0 fully saturated rings. The monoisotopic (exact) mass is 380 g/mol. The fraction of sp³-hybridized carbons (Fsp3) is 0.250. The molecule has 0 unspecified atom stereocenters. The predicted molar refractivity (Wildman–Crippen MR) is 80.0 cm³/mol. The van der Waals surface area contributed by atoms with E-state index in [9.17, 15) is 0 Å². The van der Waals surface area contributed by atoms with Gasteiger partial charge in [-0.05, 0) is 54.1 Å². The molecule has 0 aliphatic carbocycles. The van der Waals surface area contributed by atoms with Crippen molar-refractivity contribution in [3.8, 4) is 0 Å². The molecular weight excluding hydrogens is 370 g/mol. The second-order valence-electron chi connectivity index (χ2n) is 3.89. The third-order valence-corrected chi connectivity index (χ3v) is 4.91. The number of hydrogen-bond donors (Lipinski definition) is 0. The molecule has 90 valence electrons. The van der Waals surface area contributed by atoms with Crippen molar-refractivity contribution >= 4 is 45.8 Å². The normalized spacial score (nSPS) is 10.9. The molecule has 2 aromatic rings. The quantitative estimate of drug-likeness (QED) is 0.703. The van der Waals surface area contributed by atoms with Crippen molar-refractivity contribution < 1.29 is 0 Å². The molecular formula is C12H11Cl2IN2. The van der Waals surface area contributed by atoms with Gasteiger partial charge < -0.3 is 0 Å². The molecule has 0 saturated carbocycles. The van der Waals surface area contributed by atoms with E-state index in [4.69, 9.17) is 23.2 Å². The van der Waals surface area contributed by atoms with Crippen LogP contribution in [0.3, 0.4) is 0 Å². The van der Waals surface area contributed by atoms with E-state index in [1.165, 1.54) is 9.26 Å². The molecule has 17 heavy (non-hydrogen) atoms. The van der Waals surface area contributed by atoms with Crippen LogP contribution >= 0.6 is 45.8 Å². The number of aryl methyl sites for hydroxylation is 1. The summed E-state index contributed by atoms with van der Waals surface area (Å²) < 4.78 is 3.19. The smallest absolute Gasteiger partial charge is 0.0730 e. The second kappa shape index (κ2) is 5.16. The Kier molecular flexibility index (Phi) is 4.00. The first kappa shape index (κ1) is 13.2. The third-order valence-electron chi connectivity index (χ3n) is 2.61. The molecule has 1 aromatic carbocycles. The van der Waals surface area contributed by atoms with Crippen LogP contribution in [0.5, 0.6) is 0 Å². The highest BCUT2D eigenvalue weighted by Crippen LogP contribution is 2.23. The van der Waals surface area contributed by atoms with Crippen molar-refractivity contribution in [2.24, 2.45) is 0 Å². The predicted octanol–water partition coefficient (Wildman–Crippen LogP) is 4.46. The van der Waals surface area contributed by atoms with Crippen LogP contribution in [0.1, 0.15) is 17.0 Å². The average molecular weight is 381 g/mol. The van der Waals surface area contributed by atoms with E-state index >= 15 is 0 Å². The Labute approximate surface area is 124 Å². The number of aromatic nitrogens is 2. The summed E-state index contributed by atoms with van der Waals surface area (Å²) in [6.07, 6.45) is 0. The summed E-state index contributed by atoms with van der Waals surface area (Å²) in [5.41, 5.74) is 3.33. The van der Waals surface area contributed by atoms with Crippen LogP contribution in [0, 0.1) is 17.4 Å². The molecule has 0 spiro atoms. The minimum absolute atomic E-state index is 0.582. The zero-order valence-electron chi connectivity index (χ0n) is 9.47. The minimum atomic E-state index is 0.582. The Bertz CT molecular complexity index is 564. The first-order chi connectivity index (χ1) is 7.99. The van der Waals surface area contributed by atoms with Gasteiger partial charge in [0.15, 0.2) is 0 Å². The van der Waals surface area contributed by atoms with Crippen molar-refractivity contribution in [2.45, 2.75) is 20.4 Å².